The van der Waals surface area contributed by atoms with Crippen molar-refractivity contribution in [2.45, 2.75) is 25.8 Å². The van der Waals surface area contributed by atoms with Gasteiger partial charge in [-0.2, -0.15) is 5.10 Å². The number of aromatic nitrogens is 3. The lowest BCUT2D eigenvalue weighted by Gasteiger charge is -2.20. The largest absolute Gasteiger partial charge is 0.360 e. The van der Waals surface area contributed by atoms with Crippen molar-refractivity contribution in [3.63, 3.8) is 0 Å². The molecule has 1 N–H and O–H groups in total. The van der Waals surface area contributed by atoms with Gasteiger partial charge in [0.25, 0.3) is 0 Å². The Morgan fingerprint density at radius 1 is 1.25 bits per heavy atom. The summed E-state index contributed by atoms with van der Waals surface area (Å²) in [6.45, 7) is 1.84. The predicted octanol–water partition coefficient (Wildman–Crippen LogP) is 3.05. The Balaban J connectivity index is 1.73. The van der Waals surface area contributed by atoms with Crippen LogP contribution in [0, 0.1) is 0 Å². The van der Waals surface area contributed by atoms with Crippen LogP contribution in [-0.2, 0) is 4.79 Å². The zero-order valence-corrected chi connectivity index (χ0v) is 13.3. The van der Waals surface area contributed by atoms with Gasteiger partial charge in [0.15, 0.2) is 0 Å². The Bertz CT molecular complexity index is 916. The molecule has 0 radical (unpaired) electrons. The summed E-state index contributed by atoms with van der Waals surface area (Å²) in [6, 6.07) is 11.4. The Hall–Kier alpha value is -3.02. The number of nitrogens with zero attached hydrogens (tertiary/aromatic N) is 4. The van der Waals surface area contributed by atoms with Crippen LogP contribution in [0.15, 0.2) is 53.9 Å². The van der Waals surface area contributed by atoms with E-state index in [0.717, 1.165) is 28.1 Å². The number of fused-ring (bicyclic) bond motifs is 1. The second-order valence-corrected chi connectivity index (χ2v) is 5.73. The molecule has 0 aliphatic carbocycles. The summed E-state index contributed by atoms with van der Waals surface area (Å²) < 4.78 is 0. The van der Waals surface area contributed by atoms with E-state index < -0.39 is 0 Å². The van der Waals surface area contributed by atoms with E-state index in [2.05, 4.69) is 15.1 Å². The molecule has 0 saturated heterocycles. The zero-order valence-electron chi connectivity index (χ0n) is 13.3. The van der Waals surface area contributed by atoms with E-state index in [0.29, 0.717) is 12.8 Å². The van der Waals surface area contributed by atoms with Crippen LogP contribution < -0.4 is 0 Å². The molecular formula is C18H17N5O. The lowest BCUT2D eigenvalue weighted by molar-refractivity contribution is -0.132. The van der Waals surface area contributed by atoms with Crippen LogP contribution in [-0.4, -0.2) is 31.6 Å². The number of rotatable bonds is 3. The lowest BCUT2D eigenvalue weighted by Crippen LogP contribution is -2.26. The molecule has 0 fully saturated rings. The van der Waals surface area contributed by atoms with Gasteiger partial charge in [-0.1, -0.05) is 19.1 Å². The van der Waals surface area contributed by atoms with Crippen molar-refractivity contribution < 1.29 is 4.79 Å². The van der Waals surface area contributed by atoms with E-state index in [4.69, 9.17) is 4.98 Å². The summed E-state index contributed by atoms with van der Waals surface area (Å²) in [4.78, 5) is 24.7. The average Bonchev–Trinajstić information content (AvgIpc) is 3.30. The number of H-pyrrole nitrogens is 1. The smallest absolute Gasteiger partial charge is 0.243 e. The molecule has 1 aliphatic rings. The highest BCUT2D eigenvalue weighted by atomic mass is 16.2. The van der Waals surface area contributed by atoms with Crippen LogP contribution >= 0.6 is 0 Å². The number of hydrazone groups is 1. The van der Waals surface area contributed by atoms with Crippen molar-refractivity contribution in [3.05, 3.63) is 60.2 Å². The number of hydrogen-bond acceptors (Lipinski definition) is 4. The van der Waals surface area contributed by atoms with Gasteiger partial charge in [0.05, 0.1) is 34.3 Å². The number of benzene rings is 1. The number of amides is 1. The first-order chi connectivity index (χ1) is 11.8. The number of carbonyl (C=O) groups is 1. The van der Waals surface area contributed by atoms with Gasteiger partial charge in [-0.3, -0.25) is 9.78 Å². The fourth-order valence-corrected chi connectivity index (χ4v) is 2.94. The minimum atomic E-state index is -0.215. The number of carbonyl (C=O) groups excluding carboxylic acids is 1. The van der Waals surface area contributed by atoms with Crippen LogP contribution in [0.3, 0.4) is 0 Å². The van der Waals surface area contributed by atoms with Crippen LogP contribution in [0.1, 0.15) is 37.2 Å². The summed E-state index contributed by atoms with van der Waals surface area (Å²) in [5.74, 6) is -0.0171. The molecule has 120 valence electrons. The van der Waals surface area contributed by atoms with Gasteiger partial charge in [-0.25, -0.2) is 9.99 Å². The van der Waals surface area contributed by atoms with Crippen molar-refractivity contribution in [1.82, 2.24) is 20.0 Å². The van der Waals surface area contributed by atoms with Crippen molar-refractivity contribution in [1.29, 1.82) is 0 Å². The number of nitrogens with one attached hydrogen (secondary N) is 1. The Kier molecular flexibility index (Phi) is 3.57. The van der Waals surface area contributed by atoms with E-state index >= 15 is 0 Å². The maximum Gasteiger partial charge on any atom is 0.243 e. The topological polar surface area (TPSA) is 74.2 Å². The molecule has 1 amide bonds. The van der Waals surface area contributed by atoms with Crippen molar-refractivity contribution in [3.8, 4) is 0 Å². The molecule has 1 aromatic carbocycles. The van der Waals surface area contributed by atoms with E-state index in [1.165, 1.54) is 0 Å². The fourth-order valence-electron chi connectivity index (χ4n) is 2.94. The molecule has 0 spiro atoms. The van der Waals surface area contributed by atoms with Crippen molar-refractivity contribution >= 4 is 22.7 Å². The lowest BCUT2D eigenvalue weighted by atomic mass is 10.1. The molecule has 1 atom stereocenters. The third-order valence-electron chi connectivity index (χ3n) is 4.19. The highest BCUT2D eigenvalue weighted by Crippen LogP contribution is 2.32. The summed E-state index contributed by atoms with van der Waals surface area (Å²) in [6.07, 6.45) is 4.63. The quantitative estimate of drug-likeness (QED) is 0.806. The molecule has 0 unspecified atom stereocenters. The highest BCUT2D eigenvalue weighted by Gasteiger charge is 2.33. The summed E-state index contributed by atoms with van der Waals surface area (Å²) in [5, 5.41) is 6.09. The molecule has 1 aliphatic heterocycles. The van der Waals surface area contributed by atoms with Gasteiger partial charge >= 0.3 is 0 Å². The molecule has 24 heavy (non-hydrogen) atoms. The van der Waals surface area contributed by atoms with E-state index in [-0.39, 0.29) is 11.9 Å². The molecule has 2 aromatic heterocycles. The number of hydrogen-bond donors (Lipinski definition) is 1. The number of para-hydroxylation sites is 2. The first-order valence-corrected chi connectivity index (χ1v) is 8.01. The van der Waals surface area contributed by atoms with Gasteiger partial charge in [-0.15, -0.1) is 0 Å². The fraction of sp³-hybridized carbons (Fsp3) is 0.222. The molecule has 6 heteroatoms. The SMILES string of the molecule is CCC(=O)N1N=C(c2ccc[nH]2)C[C@H]1c1cnc2ccccc2n1. The third-order valence-corrected chi connectivity index (χ3v) is 4.19. The standard InChI is InChI=1S/C18H17N5O/c1-2-18(24)23-17(10-15(22-23)13-8-5-9-19-13)16-11-20-12-6-3-4-7-14(12)21-16/h3-9,11,17,19H,2,10H2,1H3/t17-/m0/s1. The van der Waals surface area contributed by atoms with Crippen LogP contribution in [0.5, 0.6) is 0 Å². The summed E-state index contributed by atoms with van der Waals surface area (Å²) in [7, 11) is 0. The molecule has 4 rings (SSSR count). The molecule has 3 heterocycles. The van der Waals surface area contributed by atoms with Gasteiger partial charge in [0, 0.05) is 19.0 Å². The maximum absolute atomic E-state index is 12.3. The molecule has 6 nitrogen and oxygen atoms in total. The number of aromatic amines is 1. The zero-order chi connectivity index (χ0) is 16.5. The van der Waals surface area contributed by atoms with E-state index in [9.17, 15) is 4.79 Å². The highest BCUT2D eigenvalue weighted by molar-refractivity contribution is 6.01. The first kappa shape index (κ1) is 14.6. The second-order valence-electron chi connectivity index (χ2n) is 5.73. The normalized spacial score (nSPS) is 17.3. The predicted molar refractivity (Wildman–Crippen MR) is 91.4 cm³/mol. The second kappa shape index (κ2) is 5.88. The first-order valence-electron chi connectivity index (χ1n) is 8.01. The van der Waals surface area contributed by atoms with Gasteiger partial charge in [0.2, 0.25) is 5.91 Å². The Morgan fingerprint density at radius 3 is 2.83 bits per heavy atom. The van der Waals surface area contributed by atoms with Crippen LogP contribution in [0.2, 0.25) is 0 Å². The summed E-state index contributed by atoms with van der Waals surface area (Å²) >= 11 is 0. The third kappa shape index (κ3) is 2.46. The minimum Gasteiger partial charge on any atom is -0.360 e. The molecule has 0 saturated carbocycles. The van der Waals surface area contributed by atoms with Crippen LogP contribution in [0.25, 0.3) is 11.0 Å². The maximum atomic E-state index is 12.3. The Morgan fingerprint density at radius 2 is 2.08 bits per heavy atom. The van der Waals surface area contributed by atoms with Crippen LogP contribution in [0.4, 0.5) is 0 Å². The minimum absolute atomic E-state index is 0.0171. The van der Waals surface area contributed by atoms with Crippen molar-refractivity contribution in [2.75, 3.05) is 0 Å². The van der Waals surface area contributed by atoms with Gasteiger partial charge in [0.1, 0.15) is 6.04 Å². The van der Waals surface area contributed by atoms with Crippen molar-refractivity contribution in [2.24, 2.45) is 5.10 Å². The average molecular weight is 319 g/mol. The molecular weight excluding hydrogens is 302 g/mol. The summed E-state index contributed by atoms with van der Waals surface area (Å²) in [5.41, 5.74) is 4.23. The van der Waals surface area contributed by atoms with E-state index in [1.54, 1.807) is 11.2 Å². The van der Waals surface area contributed by atoms with Gasteiger partial charge in [-0.05, 0) is 24.3 Å². The Labute approximate surface area is 139 Å². The van der Waals surface area contributed by atoms with E-state index in [1.807, 2.05) is 49.5 Å². The molecule has 0 bridgehead atoms. The monoisotopic (exact) mass is 319 g/mol. The molecule has 3 aromatic rings. The van der Waals surface area contributed by atoms with Gasteiger partial charge < -0.3 is 4.98 Å².